The molecule has 134 valence electrons. The molecule has 0 radical (unpaired) electrons. The van der Waals surface area contributed by atoms with Crippen LogP contribution in [0.25, 0.3) is 0 Å². The molecule has 4 heteroatoms. The summed E-state index contributed by atoms with van der Waals surface area (Å²) in [6.07, 6.45) is 2.97. The van der Waals surface area contributed by atoms with Crippen LogP contribution in [-0.2, 0) is 11.2 Å². The lowest BCUT2D eigenvalue weighted by atomic mass is 9.83. The Morgan fingerprint density at radius 3 is 2.29 bits per heavy atom. The van der Waals surface area contributed by atoms with Crippen molar-refractivity contribution in [2.75, 3.05) is 0 Å². The van der Waals surface area contributed by atoms with Crippen molar-refractivity contribution < 1.29 is 9.53 Å². The van der Waals surface area contributed by atoms with Gasteiger partial charge >= 0.3 is 6.03 Å². The molecule has 0 aliphatic carbocycles. The Labute approximate surface area is 146 Å². The average Bonchev–Trinajstić information content (AvgIpc) is 2.45. The van der Waals surface area contributed by atoms with Gasteiger partial charge in [0.1, 0.15) is 0 Å². The van der Waals surface area contributed by atoms with Crippen molar-refractivity contribution in [2.24, 2.45) is 5.41 Å². The van der Waals surface area contributed by atoms with Crippen LogP contribution in [0.2, 0.25) is 0 Å². The number of urea groups is 1. The summed E-state index contributed by atoms with van der Waals surface area (Å²) < 4.78 is 5.74. The van der Waals surface area contributed by atoms with E-state index < -0.39 is 0 Å². The lowest BCUT2D eigenvalue weighted by Crippen LogP contribution is -2.53. The van der Waals surface area contributed by atoms with Crippen LogP contribution >= 0.6 is 0 Å². The van der Waals surface area contributed by atoms with Crippen LogP contribution in [0.15, 0.2) is 30.3 Å². The number of benzene rings is 1. The van der Waals surface area contributed by atoms with Crippen molar-refractivity contribution >= 4 is 6.03 Å². The number of amides is 2. The van der Waals surface area contributed by atoms with Gasteiger partial charge < -0.3 is 15.4 Å². The molecule has 4 nitrogen and oxygen atoms in total. The highest BCUT2D eigenvalue weighted by Gasteiger charge is 2.29. The number of carbonyl (C=O) groups is 1. The van der Waals surface area contributed by atoms with Crippen molar-refractivity contribution in [1.29, 1.82) is 0 Å². The lowest BCUT2D eigenvalue weighted by Gasteiger charge is -2.35. The third kappa shape index (κ3) is 5.82. The summed E-state index contributed by atoms with van der Waals surface area (Å²) in [6.45, 7) is 10.6. The van der Waals surface area contributed by atoms with Crippen LogP contribution in [0.4, 0.5) is 4.79 Å². The molecule has 1 saturated heterocycles. The highest BCUT2D eigenvalue weighted by Crippen LogP contribution is 2.23. The highest BCUT2D eigenvalue weighted by atomic mass is 16.5. The van der Waals surface area contributed by atoms with Crippen LogP contribution in [0, 0.1) is 5.41 Å². The molecule has 1 fully saturated rings. The first-order chi connectivity index (χ1) is 11.2. The predicted molar refractivity (Wildman–Crippen MR) is 98.1 cm³/mol. The smallest absolute Gasteiger partial charge is 0.315 e. The summed E-state index contributed by atoms with van der Waals surface area (Å²) in [5.41, 5.74) is 1.23. The second-order valence-corrected chi connectivity index (χ2v) is 8.15. The number of carbonyl (C=O) groups excluding carboxylic acids is 1. The quantitative estimate of drug-likeness (QED) is 0.878. The molecule has 1 heterocycles. The SMILES string of the molecule is C[C@@H]1CC(NC(=O)N[C@H](Cc2ccccc2)C(C)(C)C)C[C@@H](C)O1. The number of rotatable bonds is 4. The van der Waals surface area contributed by atoms with Gasteiger partial charge in [0.15, 0.2) is 0 Å². The second-order valence-electron chi connectivity index (χ2n) is 8.15. The van der Waals surface area contributed by atoms with Gasteiger partial charge in [-0.05, 0) is 44.1 Å². The van der Waals surface area contributed by atoms with E-state index in [4.69, 9.17) is 4.74 Å². The van der Waals surface area contributed by atoms with Crippen LogP contribution in [0.3, 0.4) is 0 Å². The van der Waals surface area contributed by atoms with Gasteiger partial charge in [-0.15, -0.1) is 0 Å². The fourth-order valence-corrected chi connectivity index (χ4v) is 3.33. The molecule has 24 heavy (non-hydrogen) atoms. The molecular formula is C20H32N2O2. The Bertz CT molecular complexity index is 514. The summed E-state index contributed by atoms with van der Waals surface area (Å²) in [4.78, 5) is 12.5. The van der Waals surface area contributed by atoms with E-state index in [9.17, 15) is 4.79 Å². The van der Waals surface area contributed by atoms with Crippen molar-refractivity contribution in [3.63, 3.8) is 0 Å². The summed E-state index contributed by atoms with van der Waals surface area (Å²) in [5, 5.41) is 6.33. The van der Waals surface area contributed by atoms with E-state index in [2.05, 4.69) is 57.4 Å². The number of nitrogens with one attached hydrogen (secondary N) is 2. The normalized spacial score (nSPS) is 25.8. The maximum atomic E-state index is 12.5. The third-order valence-electron chi connectivity index (χ3n) is 4.67. The largest absolute Gasteiger partial charge is 0.375 e. The van der Waals surface area contributed by atoms with Crippen molar-refractivity contribution in [3.8, 4) is 0 Å². The van der Waals surface area contributed by atoms with Crippen LogP contribution in [0.5, 0.6) is 0 Å². The molecule has 2 N–H and O–H groups in total. The second kappa shape index (κ2) is 8.02. The van der Waals surface area contributed by atoms with Crippen LogP contribution in [0.1, 0.15) is 53.0 Å². The zero-order chi connectivity index (χ0) is 17.7. The Balaban J connectivity index is 1.95. The minimum absolute atomic E-state index is 0.0105. The fourth-order valence-electron chi connectivity index (χ4n) is 3.33. The van der Waals surface area contributed by atoms with Crippen LogP contribution < -0.4 is 10.6 Å². The molecule has 1 aliphatic heterocycles. The minimum atomic E-state index is -0.0721. The molecule has 2 rings (SSSR count). The van der Waals surface area contributed by atoms with E-state index in [-0.39, 0.29) is 35.7 Å². The molecule has 0 aromatic heterocycles. The Morgan fingerprint density at radius 2 is 1.75 bits per heavy atom. The van der Waals surface area contributed by atoms with Crippen molar-refractivity contribution in [3.05, 3.63) is 35.9 Å². The Kier molecular flexibility index (Phi) is 6.27. The van der Waals surface area contributed by atoms with Gasteiger partial charge in [0.2, 0.25) is 0 Å². The minimum Gasteiger partial charge on any atom is -0.375 e. The van der Waals surface area contributed by atoms with E-state index in [1.54, 1.807) is 0 Å². The summed E-state index contributed by atoms with van der Waals surface area (Å²) in [5.74, 6) is 0. The molecule has 0 spiro atoms. The number of hydrogen-bond donors (Lipinski definition) is 2. The van der Waals surface area contributed by atoms with Gasteiger partial charge in [0.05, 0.1) is 12.2 Å². The van der Waals surface area contributed by atoms with E-state index in [0.717, 1.165) is 19.3 Å². The first kappa shape index (κ1) is 18.8. The van der Waals surface area contributed by atoms with E-state index in [1.807, 2.05) is 18.2 Å². The van der Waals surface area contributed by atoms with Crippen molar-refractivity contribution in [1.82, 2.24) is 10.6 Å². The standard InChI is InChI=1S/C20H32N2O2/c1-14-11-17(12-15(2)24-14)21-19(23)22-18(20(3,4)5)13-16-9-7-6-8-10-16/h6-10,14-15,17-18H,11-13H2,1-5H3,(H2,21,22,23)/t14-,15-,18-/m1/s1. The highest BCUT2D eigenvalue weighted by molar-refractivity contribution is 5.74. The summed E-state index contributed by atoms with van der Waals surface area (Å²) >= 11 is 0. The van der Waals surface area contributed by atoms with Crippen molar-refractivity contribution in [2.45, 2.75) is 78.2 Å². The monoisotopic (exact) mass is 332 g/mol. The topological polar surface area (TPSA) is 50.4 Å². The Hall–Kier alpha value is -1.55. The predicted octanol–water partition coefficient (Wildman–Crippen LogP) is 3.90. The molecule has 3 atom stereocenters. The molecule has 2 amide bonds. The molecule has 0 bridgehead atoms. The van der Waals surface area contributed by atoms with Gasteiger partial charge in [0.25, 0.3) is 0 Å². The van der Waals surface area contributed by atoms with Gasteiger partial charge in [-0.3, -0.25) is 0 Å². The first-order valence-corrected chi connectivity index (χ1v) is 9.00. The lowest BCUT2D eigenvalue weighted by molar-refractivity contribution is -0.0402. The number of ether oxygens (including phenoxy) is 1. The molecular weight excluding hydrogens is 300 g/mol. The summed E-state index contributed by atoms with van der Waals surface area (Å²) in [6, 6.07) is 10.5. The molecule has 1 aromatic rings. The molecule has 0 unspecified atom stereocenters. The van der Waals surface area contributed by atoms with Crippen LogP contribution in [-0.4, -0.2) is 30.3 Å². The first-order valence-electron chi connectivity index (χ1n) is 9.00. The Morgan fingerprint density at radius 1 is 1.17 bits per heavy atom. The summed E-state index contributed by atoms with van der Waals surface area (Å²) in [7, 11) is 0. The van der Waals surface area contributed by atoms with Gasteiger partial charge in [-0.2, -0.15) is 0 Å². The number of hydrogen-bond acceptors (Lipinski definition) is 2. The molecule has 1 aromatic carbocycles. The maximum Gasteiger partial charge on any atom is 0.315 e. The third-order valence-corrected chi connectivity index (χ3v) is 4.67. The zero-order valence-corrected chi connectivity index (χ0v) is 15.6. The maximum absolute atomic E-state index is 12.5. The van der Waals surface area contributed by atoms with Gasteiger partial charge in [0, 0.05) is 12.1 Å². The fraction of sp³-hybridized carbons (Fsp3) is 0.650. The molecule has 0 saturated carbocycles. The zero-order valence-electron chi connectivity index (χ0n) is 15.6. The average molecular weight is 332 g/mol. The van der Waals surface area contributed by atoms with Gasteiger partial charge in [-0.25, -0.2) is 4.79 Å². The van der Waals surface area contributed by atoms with E-state index in [0.29, 0.717) is 0 Å². The van der Waals surface area contributed by atoms with E-state index in [1.165, 1.54) is 5.56 Å². The van der Waals surface area contributed by atoms with Gasteiger partial charge in [-0.1, -0.05) is 51.1 Å². The molecule has 1 aliphatic rings. The van der Waals surface area contributed by atoms with E-state index >= 15 is 0 Å².